The van der Waals surface area contributed by atoms with E-state index < -0.39 is 5.60 Å². The van der Waals surface area contributed by atoms with Crippen molar-refractivity contribution in [2.45, 2.75) is 124 Å². The molecule has 190 valence electrons. The molecule has 0 aliphatic heterocycles. The van der Waals surface area contributed by atoms with Crippen molar-refractivity contribution in [1.82, 2.24) is 0 Å². The Morgan fingerprint density at radius 3 is 2.18 bits per heavy atom. The fourth-order valence-electron chi connectivity index (χ4n) is 10.4. The van der Waals surface area contributed by atoms with Gasteiger partial charge in [0, 0.05) is 0 Å². The lowest BCUT2D eigenvalue weighted by molar-refractivity contribution is -0.226. The van der Waals surface area contributed by atoms with Crippen molar-refractivity contribution in [3.63, 3.8) is 0 Å². The fourth-order valence-corrected chi connectivity index (χ4v) is 10.4. The molecule has 0 aromatic carbocycles. The number of allylic oxidation sites excluding steroid dienone is 2. The van der Waals surface area contributed by atoms with Crippen molar-refractivity contribution in [2.75, 3.05) is 6.61 Å². The molecule has 0 amide bonds. The van der Waals surface area contributed by atoms with Gasteiger partial charge in [-0.1, -0.05) is 46.3 Å². The van der Waals surface area contributed by atoms with Gasteiger partial charge >= 0.3 is 0 Å². The summed E-state index contributed by atoms with van der Waals surface area (Å²) in [5.74, 6) is 1.96. The summed E-state index contributed by atoms with van der Waals surface area (Å²) in [5, 5.41) is 32.9. The molecule has 0 saturated heterocycles. The molecule has 0 aromatic heterocycles. The van der Waals surface area contributed by atoms with Crippen LogP contribution in [-0.4, -0.2) is 33.6 Å². The molecule has 3 heteroatoms. The van der Waals surface area contributed by atoms with Crippen LogP contribution >= 0.6 is 0 Å². The highest BCUT2D eigenvalue weighted by Crippen LogP contribution is 2.75. The molecule has 4 saturated carbocycles. The molecule has 0 aromatic rings. The Balaban J connectivity index is 1.63. The molecule has 3 unspecified atom stereocenters. The summed E-state index contributed by atoms with van der Waals surface area (Å²) in [4.78, 5) is 0. The Morgan fingerprint density at radius 2 is 1.55 bits per heavy atom. The van der Waals surface area contributed by atoms with E-state index in [1.807, 2.05) is 0 Å². The van der Waals surface area contributed by atoms with Crippen LogP contribution in [0.4, 0.5) is 0 Å². The van der Waals surface area contributed by atoms with Gasteiger partial charge in [-0.15, -0.1) is 0 Å². The van der Waals surface area contributed by atoms with Crippen LogP contribution in [-0.2, 0) is 0 Å². The monoisotopic (exact) mass is 460 g/mol. The number of rotatable bonds is 5. The maximum atomic E-state index is 11.7. The Hall–Kier alpha value is -0.380. The first-order chi connectivity index (χ1) is 15.3. The lowest BCUT2D eigenvalue weighted by Gasteiger charge is -2.70. The molecule has 0 radical (unpaired) electrons. The predicted molar refractivity (Wildman–Crippen MR) is 136 cm³/mol. The van der Waals surface area contributed by atoms with Gasteiger partial charge in [0.25, 0.3) is 0 Å². The van der Waals surface area contributed by atoms with Crippen LogP contribution in [0.15, 0.2) is 11.6 Å². The lowest BCUT2D eigenvalue weighted by atomic mass is 9.35. The van der Waals surface area contributed by atoms with E-state index in [4.69, 9.17) is 0 Å². The molecule has 0 bridgehead atoms. The number of fused-ring (bicyclic) bond motifs is 5. The van der Waals surface area contributed by atoms with Crippen molar-refractivity contribution in [3.8, 4) is 0 Å². The zero-order valence-corrected chi connectivity index (χ0v) is 22.6. The third kappa shape index (κ3) is 3.61. The van der Waals surface area contributed by atoms with E-state index in [9.17, 15) is 15.3 Å². The Labute approximate surface area is 203 Å². The normalized spacial score (nSPS) is 48.2. The summed E-state index contributed by atoms with van der Waals surface area (Å²) in [6.45, 7) is 16.4. The maximum absolute atomic E-state index is 11.7. The van der Waals surface area contributed by atoms with E-state index in [1.165, 1.54) is 37.7 Å². The third-order valence-corrected chi connectivity index (χ3v) is 12.5. The summed E-state index contributed by atoms with van der Waals surface area (Å²) in [5.41, 5.74) is 1.09. The predicted octanol–water partition coefficient (Wildman–Crippen LogP) is 6.50. The molecule has 4 fully saturated rings. The summed E-state index contributed by atoms with van der Waals surface area (Å²) in [6, 6.07) is 0. The van der Waals surface area contributed by atoms with E-state index in [-0.39, 0.29) is 34.9 Å². The summed E-state index contributed by atoms with van der Waals surface area (Å²) in [6.07, 6.45) is 12.7. The van der Waals surface area contributed by atoms with Crippen LogP contribution in [0.25, 0.3) is 0 Å². The highest BCUT2D eigenvalue weighted by Gasteiger charge is 2.69. The highest BCUT2D eigenvalue weighted by molar-refractivity contribution is 5.18. The molecule has 3 nitrogen and oxygen atoms in total. The van der Waals surface area contributed by atoms with Crippen molar-refractivity contribution >= 4 is 0 Å². The number of aliphatic hydroxyl groups excluding tert-OH is 2. The molecule has 0 heterocycles. The minimum Gasteiger partial charge on any atom is -0.393 e. The van der Waals surface area contributed by atoms with E-state index >= 15 is 0 Å². The van der Waals surface area contributed by atoms with Gasteiger partial charge in [-0.3, -0.25) is 0 Å². The van der Waals surface area contributed by atoms with E-state index in [0.29, 0.717) is 29.6 Å². The van der Waals surface area contributed by atoms with E-state index in [2.05, 4.69) is 54.5 Å². The van der Waals surface area contributed by atoms with Crippen LogP contribution in [0.2, 0.25) is 0 Å². The van der Waals surface area contributed by atoms with Crippen LogP contribution in [0.5, 0.6) is 0 Å². The molecule has 9 atom stereocenters. The Kier molecular flexibility index (Phi) is 6.50. The Bertz CT molecular complexity index is 769. The number of aliphatic hydroxyl groups is 3. The zero-order chi connectivity index (χ0) is 24.4. The summed E-state index contributed by atoms with van der Waals surface area (Å²) in [7, 11) is 0. The van der Waals surface area contributed by atoms with Gasteiger partial charge in [0.1, 0.15) is 0 Å². The van der Waals surface area contributed by atoms with Gasteiger partial charge in [0.15, 0.2) is 0 Å². The first-order valence-electron chi connectivity index (χ1n) is 13.9. The van der Waals surface area contributed by atoms with Gasteiger partial charge in [-0.2, -0.15) is 0 Å². The van der Waals surface area contributed by atoms with Crippen molar-refractivity contribution in [3.05, 3.63) is 11.6 Å². The van der Waals surface area contributed by atoms with E-state index in [1.54, 1.807) is 0 Å². The SMILES string of the molecule is CC(C)=CCC[C@@](O)(CO)[C@H]1CC[C@]2(C)C1CCC1[C@@]3(C)CC[C@H](O)C(C)(C)C3CC[C@]12C. The molecular weight excluding hydrogens is 408 g/mol. The van der Waals surface area contributed by atoms with Crippen molar-refractivity contribution in [1.29, 1.82) is 0 Å². The summed E-state index contributed by atoms with van der Waals surface area (Å²) < 4.78 is 0. The molecule has 33 heavy (non-hydrogen) atoms. The number of hydrogen-bond donors (Lipinski definition) is 3. The van der Waals surface area contributed by atoms with Gasteiger partial charge in [0.2, 0.25) is 0 Å². The summed E-state index contributed by atoms with van der Waals surface area (Å²) >= 11 is 0. The topological polar surface area (TPSA) is 60.7 Å². The fraction of sp³-hybridized carbons (Fsp3) is 0.933. The smallest absolute Gasteiger partial charge is 0.0911 e. The highest BCUT2D eigenvalue weighted by atomic mass is 16.3. The van der Waals surface area contributed by atoms with Gasteiger partial charge in [-0.05, 0) is 123 Å². The van der Waals surface area contributed by atoms with Crippen LogP contribution in [0.3, 0.4) is 0 Å². The molecule has 0 spiro atoms. The van der Waals surface area contributed by atoms with Gasteiger partial charge < -0.3 is 15.3 Å². The largest absolute Gasteiger partial charge is 0.393 e. The molecule has 3 N–H and O–H groups in total. The second kappa shape index (κ2) is 8.34. The van der Waals surface area contributed by atoms with Crippen molar-refractivity contribution in [2.24, 2.45) is 45.3 Å². The molecule has 4 aliphatic rings. The molecular formula is C30H52O3. The van der Waals surface area contributed by atoms with Crippen LogP contribution in [0, 0.1) is 45.3 Å². The second-order valence-corrected chi connectivity index (χ2v) is 14.3. The quantitative estimate of drug-likeness (QED) is 0.410. The van der Waals surface area contributed by atoms with Gasteiger partial charge in [0.05, 0.1) is 18.3 Å². The second-order valence-electron chi connectivity index (χ2n) is 14.3. The average molecular weight is 461 g/mol. The van der Waals surface area contributed by atoms with Crippen LogP contribution < -0.4 is 0 Å². The first-order valence-corrected chi connectivity index (χ1v) is 13.9. The average Bonchev–Trinajstić information content (AvgIpc) is 3.10. The minimum absolute atomic E-state index is 0.00758. The first kappa shape index (κ1) is 25.7. The Morgan fingerprint density at radius 1 is 0.879 bits per heavy atom. The zero-order valence-electron chi connectivity index (χ0n) is 22.6. The number of hydrogen-bond acceptors (Lipinski definition) is 3. The molecule has 4 aliphatic carbocycles. The maximum Gasteiger partial charge on any atom is 0.0911 e. The minimum atomic E-state index is -0.963. The standard InChI is InChI=1S/C30H52O3/c1-20(2)9-8-15-30(33,19-31)22-12-17-28(6)21(22)10-11-24-27(5)16-14-25(32)26(3,4)23(27)13-18-29(24,28)7/h9,21-25,31-33H,8,10-19H2,1-7H3/t21?,22-,23?,24?,25-,27-,28+,29+,30+/m0/s1. The van der Waals surface area contributed by atoms with Gasteiger partial charge in [-0.25, -0.2) is 0 Å². The molecule has 4 rings (SSSR count). The van der Waals surface area contributed by atoms with E-state index in [0.717, 1.165) is 25.7 Å². The third-order valence-electron chi connectivity index (χ3n) is 12.5. The lowest BCUT2D eigenvalue weighted by Crippen LogP contribution is -2.64. The van der Waals surface area contributed by atoms with Crippen LogP contribution in [0.1, 0.15) is 113 Å². The van der Waals surface area contributed by atoms with Crippen molar-refractivity contribution < 1.29 is 15.3 Å².